The summed E-state index contributed by atoms with van der Waals surface area (Å²) in [5.74, 6) is 0.120. The van der Waals surface area contributed by atoms with Crippen LogP contribution >= 0.6 is 0 Å². The number of benzene rings is 1. The number of hydrogen-bond acceptors (Lipinski definition) is 6. The quantitative estimate of drug-likeness (QED) is 0.585. The highest BCUT2D eigenvalue weighted by Gasteiger charge is 2.49. The summed E-state index contributed by atoms with van der Waals surface area (Å²) < 4.78 is 11.3. The zero-order chi connectivity index (χ0) is 22.6. The van der Waals surface area contributed by atoms with Crippen molar-refractivity contribution >= 4 is 23.9 Å². The normalized spacial score (nSPS) is 20.3. The minimum Gasteiger partial charge on any atom is -0.490 e. The Morgan fingerprint density at radius 3 is 2.61 bits per heavy atom. The molecule has 1 aromatic carbocycles. The van der Waals surface area contributed by atoms with Crippen LogP contribution in [0.3, 0.4) is 0 Å². The molecule has 0 radical (unpaired) electrons. The van der Waals surface area contributed by atoms with Gasteiger partial charge in [0.25, 0.3) is 5.91 Å². The van der Waals surface area contributed by atoms with Gasteiger partial charge in [0.1, 0.15) is 12.1 Å². The van der Waals surface area contributed by atoms with E-state index in [-0.39, 0.29) is 0 Å². The standard InChI is InChI=1S/C21H28N4O6/c1-13(2)7-8-22-19(28)23-17(26)12-25-18(27)21(3,24-20(25)29)14-5-6-15-16(11-14)31-10-4-9-30-15/h5-6,11,13H,4,7-10,12H2,1-3H3,(H,24,29)(H2,22,23,26,28). The van der Waals surface area contributed by atoms with Gasteiger partial charge in [0, 0.05) is 13.0 Å². The molecule has 2 aliphatic rings. The van der Waals surface area contributed by atoms with Gasteiger partial charge in [0.2, 0.25) is 5.91 Å². The Hall–Kier alpha value is -3.30. The Balaban J connectivity index is 1.65. The van der Waals surface area contributed by atoms with Gasteiger partial charge in [-0.1, -0.05) is 19.9 Å². The van der Waals surface area contributed by atoms with Crippen LogP contribution in [0.2, 0.25) is 0 Å². The second-order valence-electron chi connectivity index (χ2n) is 8.15. The molecular weight excluding hydrogens is 404 g/mol. The lowest BCUT2D eigenvalue weighted by Crippen LogP contribution is -2.47. The summed E-state index contributed by atoms with van der Waals surface area (Å²) in [5.41, 5.74) is -0.869. The largest absolute Gasteiger partial charge is 0.490 e. The minimum atomic E-state index is -1.37. The van der Waals surface area contributed by atoms with Crippen LogP contribution in [0.15, 0.2) is 18.2 Å². The van der Waals surface area contributed by atoms with Crippen LogP contribution in [0.4, 0.5) is 9.59 Å². The molecule has 3 rings (SSSR count). The van der Waals surface area contributed by atoms with E-state index in [1.807, 2.05) is 13.8 Å². The maximum atomic E-state index is 13.0. The first kappa shape index (κ1) is 22.4. The van der Waals surface area contributed by atoms with E-state index in [0.29, 0.717) is 42.7 Å². The van der Waals surface area contributed by atoms with Gasteiger partial charge >= 0.3 is 12.1 Å². The summed E-state index contributed by atoms with van der Waals surface area (Å²) in [7, 11) is 0. The summed E-state index contributed by atoms with van der Waals surface area (Å²) in [4.78, 5) is 50.3. The molecule has 1 unspecified atom stereocenters. The zero-order valence-electron chi connectivity index (χ0n) is 17.9. The Kier molecular flexibility index (Phi) is 6.67. The van der Waals surface area contributed by atoms with Crippen LogP contribution in [0.5, 0.6) is 11.5 Å². The van der Waals surface area contributed by atoms with Gasteiger partial charge in [-0.2, -0.15) is 0 Å². The van der Waals surface area contributed by atoms with Gasteiger partial charge < -0.3 is 20.1 Å². The molecular formula is C21H28N4O6. The van der Waals surface area contributed by atoms with Crippen molar-refractivity contribution in [1.29, 1.82) is 0 Å². The molecule has 0 bridgehead atoms. The third-order valence-corrected chi connectivity index (χ3v) is 5.16. The molecule has 2 aliphatic heterocycles. The molecule has 10 heteroatoms. The fourth-order valence-corrected chi connectivity index (χ4v) is 3.34. The Labute approximate surface area is 180 Å². The average molecular weight is 432 g/mol. The highest BCUT2D eigenvalue weighted by atomic mass is 16.5. The van der Waals surface area contributed by atoms with Crippen molar-refractivity contribution in [3.63, 3.8) is 0 Å². The van der Waals surface area contributed by atoms with Crippen LogP contribution in [-0.4, -0.2) is 55.1 Å². The minimum absolute atomic E-state index is 0.407. The number of fused-ring (bicyclic) bond motifs is 1. The van der Waals surface area contributed by atoms with Crippen molar-refractivity contribution < 1.29 is 28.7 Å². The Morgan fingerprint density at radius 1 is 1.19 bits per heavy atom. The molecule has 1 atom stereocenters. The highest BCUT2D eigenvalue weighted by molar-refractivity contribution is 6.10. The second-order valence-corrected chi connectivity index (χ2v) is 8.15. The van der Waals surface area contributed by atoms with E-state index in [4.69, 9.17) is 9.47 Å². The fourth-order valence-electron chi connectivity index (χ4n) is 3.34. The van der Waals surface area contributed by atoms with E-state index >= 15 is 0 Å². The molecule has 0 spiro atoms. The molecule has 168 valence electrons. The fraction of sp³-hybridized carbons (Fsp3) is 0.524. The number of hydrogen-bond donors (Lipinski definition) is 3. The topological polar surface area (TPSA) is 126 Å². The van der Waals surface area contributed by atoms with Gasteiger partial charge in [-0.25, -0.2) is 9.59 Å². The number of nitrogens with one attached hydrogen (secondary N) is 3. The predicted octanol–water partition coefficient (Wildman–Crippen LogP) is 1.49. The molecule has 1 saturated heterocycles. The first-order valence-electron chi connectivity index (χ1n) is 10.3. The van der Waals surface area contributed by atoms with Gasteiger partial charge in [-0.3, -0.25) is 19.8 Å². The van der Waals surface area contributed by atoms with Crippen LogP contribution < -0.4 is 25.4 Å². The molecule has 1 aromatic rings. The van der Waals surface area contributed by atoms with Crippen molar-refractivity contribution in [3.8, 4) is 11.5 Å². The van der Waals surface area contributed by atoms with Crippen LogP contribution in [-0.2, 0) is 15.1 Å². The van der Waals surface area contributed by atoms with Crippen molar-refractivity contribution in [2.24, 2.45) is 5.92 Å². The summed E-state index contributed by atoms with van der Waals surface area (Å²) in [6.45, 7) is 6.46. The average Bonchev–Trinajstić information content (AvgIpc) is 2.87. The number of ether oxygens (including phenoxy) is 2. The first-order chi connectivity index (χ1) is 14.7. The van der Waals surface area contributed by atoms with Gasteiger partial charge in [-0.15, -0.1) is 0 Å². The smallest absolute Gasteiger partial charge is 0.325 e. The lowest BCUT2D eigenvalue weighted by Gasteiger charge is -2.23. The molecule has 0 aromatic heterocycles. The lowest BCUT2D eigenvalue weighted by molar-refractivity contribution is -0.134. The van der Waals surface area contributed by atoms with Crippen molar-refractivity contribution in [3.05, 3.63) is 23.8 Å². The van der Waals surface area contributed by atoms with Crippen molar-refractivity contribution in [2.75, 3.05) is 26.3 Å². The van der Waals surface area contributed by atoms with Gasteiger partial charge in [-0.05, 0) is 37.0 Å². The lowest BCUT2D eigenvalue weighted by atomic mass is 9.91. The number of nitrogens with zero attached hydrogens (tertiary/aromatic N) is 1. The van der Waals surface area contributed by atoms with E-state index < -0.39 is 36.0 Å². The number of amides is 6. The Bertz CT molecular complexity index is 887. The van der Waals surface area contributed by atoms with E-state index in [1.165, 1.54) is 0 Å². The number of imide groups is 2. The third-order valence-electron chi connectivity index (χ3n) is 5.16. The monoisotopic (exact) mass is 432 g/mol. The molecule has 1 fully saturated rings. The second kappa shape index (κ2) is 9.23. The zero-order valence-corrected chi connectivity index (χ0v) is 17.9. The molecule has 31 heavy (non-hydrogen) atoms. The molecule has 3 N–H and O–H groups in total. The number of rotatable bonds is 6. The molecule has 6 amide bonds. The van der Waals surface area contributed by atoms with Crippen LogP contribution in [0.1, 0.15) is 39.2 Å². The molecule has 10 nitrogen and oxygen atoms in total. The SMILES string of the molecule is CC(C)CCNC(=O)NC(=O)CN1C(=O)NC(C)(c2ccc3c(c2)OCCCO3)C1=O. The highest BCUT2D eigenvalue weighted by Crippen LogP contribution is 2.36. The summed E-state index contributed by atoms with van der Waals surface area (Å²) in [6.07, 6.45) is 1.51. The number of urea groups is 2. The van der Waals surface area contributed by atoms with Crippen LogP contribution in [0.25, 0.3) is 0 Å². The van der Waals surface area contributed by atoms with Gasteiger partial charge in [0.05, 0.1) is 13.2 Å². The Morgan fingerprint density at radius 2 is 1.90 bits per heavy atom. The van der Waals surface area contributed by atoms with E-state index in [2.05, 4.69) is 16.0 Å². The first-order valence-corrected chi connectivity index (χ1v) is 10.3. The molecule has 0 aliphatic carbocycles. The van der Waals surface area contributed by atoms with E-state index in [9.17, 15) is 19.2 Å². The molecule has 0 saturated carbocycles. The maximum Gasteiger partial charge on any atom is 0.325 e. The summed E-state index contributed by atoms with van der Waals surface area (Å²) in [5, 5.41) is 7.34. The van der Waals surface area contributed by atoms with Crippen LogP contribution in [0, 0.1) is 5.92 Å². The van der Waals surface area contributed by atoms with E-state index in [1.54, 1.807) is 25.1 Å². The van der Waals surface area contributed by atoms with Crippen molar-refractivity contribution in [2.45, 2.75) is 39.2 Å². The third kappa shape index (κ3) is 5.07. The van der Waals surface area contributed by atoms with Gasteiger partial charge in [0.15, 0.2) is 11.5 Å². The maximum absolute atomic E-state index is 13.0. The van der Waals surface area contributed by atoms with E-state index in [0.717, 1.165) is 17.7 Å². The predicted molar refractivity (Wildman–Crippen MR) is 111 cm³/mol. The summed E-state index contributed by atoms with van der Waals surface area (Å²) >= 11 is 0. The number of carbonyl (C=O) groups excluding carboxylic acids is 4. The van der Waals surface area contributed by atoms with Crippen molar-refractivity contribution in [1.82, 2.24) is 20.9 Å². The summed E-state index contributed by atoms with van der Waals surface area (Å²) in [6, 6.07) is 3.65. The number of carbonyl (C=O) groups is 4. The molecule has 2 heterocycles.